The van der Waals surface area contributed by atoms with Crippen molar-refractivity contribution in [1.29, 1.82) is 5.26 Å². The molecule has 0 fully saturated rings. The molecule has 32 heavy (non-hydrogen) atoms. The van der Waals surface area contributed by atoms with Crippen LogP contribution in [-0.2, 0) is 12.4 Å². The highest BCUT2D eigenvalue weighted by molar-refractivity contribution is 5.89. The zero-order valence-electron chi connectivity index (χ0n) is 15.4. The lowest BCUT2D eigenvalue weighted by Gasteiger charge is -2.10. The van der Waals surface area contributed by atoms with E-state index >= 15 is 0 Å². The second kappa shape index (κ2) is 8.07. The summed E-state index contributed by atoms with van der Waals surface area (Å²) in [5.74, 6) is -4.79. The summed E-state index contributed by atoms with van der Waals surface area (Å²) in [5.41, 5.74) is -4.18. The van der Waals surface area contributed by atoms with Crippen LogP contribution in [-0.4, -0.2) is 9.78 Å². The molecule has 3 aromatic rings. The van der Waals surface area contributed by atoms with Gasteiger partial charge in [-0.05, 0) is 41.5 Å². The van der Waals surface area contributed by atoms with Crippen molar-refractivity contribution in [3.8, 4) is 11.8 Å². The molecular formula is C20H8F9N3. The molecule has 3 rings (SSSR count). The number of benzene rings is 2. The van der Waals surface area contributed by atoms with E-state index in [1.54, 1.807) is 6.07 Å². The average molecular weight is 461 g/mol. The fourth-order valence-corrected chi connectivity index (χ4v) is 2.69. The molecule has 3 nitrogen and oxygen atoms in total. The Morgan fingerprint density at radius 1 is 0.875 bits per heavy atom. The van der Waals surface area contributed by atoms with Crippen LogP contribution in [0.15, 0.2) is 42.5 Å². The molecule has 0 saturated carbocycles. The van der Waals surface area contributed by atoms with Crippen LogP contribution in [0.5, 0.6) is 0 Å². The predicted octanol–water partition coefficient (Wildman–Crippen LogP) is 6.39. The maximum Gasteiger partial charge on any atom is 0.435 e. The van der Waals surface area contributed by atoms with E-state index in [1.807, 2.05) is 0 Å². The van der Waals surface area contributed by atoms with Crippen molar-refractivity contribution >= 4 is 11.6 Å². The summed E-state index contributed by atoms with van der Waals surface area (Å²) in [4.78, 5) is 0. The molecule has 1 heterocycles. The number of rotatable bonds is 3. The van der Waals surface area contributed by atoms with Crippen LogP contribution in [0.2, 0.25) is 0 Å². The van der Waals surface area contributed by atoms with E-state index in [-0.39, 0.29) is 33.1 Å². The standard InChI is InChI=1S/C20H8F9N3/c21-14-6-11(7-15(22)18(14)23)12(9-30)5-10-1-3-13(4-2-10)32-17(20(27,28)29)8-16(31-32)19(24,25)26/h1-8H. The molecule has 0 unspecified atom stereocenters. The highest BCUT2D eigenvalue weighted by atomic mass is 19.4. The van der Waals surface area contributed by atoms with Gasteiger partial charge in [0.1, 0.15) is 5.69 Å². The monoisotopic (exact) mass is 461 g/mol. The van der Waals surface area contributed by atoms with Crippen molar-refractivity contribution in [3.05, 3.63) is 82.4 Å². The Morgan fingerprint density at radius 3 is 1.91 bits per heavy atom. The third-order valence-corrected chi connectivity index (χ3v) is 4.15. The summed E-state index contributed by atoms with van der Waals surface area (Å²) in [7, 11) is 0. The van der Waals surface area contributed by atoms with E-state index in [4.69, 9.17) is 0 Å². The molecule has 0 bridgehead atoms. The largest absolute Gasteiger partial charge is 0.435 e. The van der Waals surface area contributed by atoms with Gasteiger partial charge in [-0.1, -0.05) is 12.1 Å². The van der Waals surface area contributed by atoms with Gasteiger partial charge in [0.15, 0.2) is 23.1 Å². The SMILES string of the molecule is N#CC(=Cc1ccc(-n2nc(C(F)(F)F)cc2C(F)(F)F)cc1)c1cc(F)c(F)c(F)c1. The molecule has 166 valence electrons. The Morgan fingerprint density at radius 2 is 1.44 bits per heavy atom. The highest BCUT2D eigenvalue weighted by Crippen LogP contribution is 2.36. The highest BCUT2D eigenvalue weighted by Gasteiger charge is 2.42. The Labute approximate surface area is 173 Å². The van der Waals surface area contributed by atoms with E-state index in [2.05, 4.69) is 5.10 Å². The minimum absolute atomic E-state index is 0.0756. The molecule has 1 aromatic heterocycles. The first kappa shape index (κ1) is 22.9. The maximum atomic E-state index is 13.4. The summed E-state index contributed by atoms with van der Waals surface area (Å²) < 4.78 is 118. The van der Waals surface area contributed by atoms with Gasteiger partial charge in [-0.25, -0.2) is 17.9 Å². The fourth-order valence-electron chi connectivity index (χ4n) is 2.69. The van der Waals surface area contributed by atoms with Gasteiger partial charge in [0.05, 0.1) is 17.3 Å². The number of alkyl halides is 6. The minimum atomic E-state index is -5.13. The number of nitriles is 1. The lowest BCUT2D eigenvalue weighted by atomic mass is 10.0. The van der Waals surface area contributed by atoms with E-state index < -0.39 is 41.2 Å². The lowest BCUT2D eigenvalue weighted by molar-refractivity contribution is -0.143. The molecule has 0 atom stereocenters. The van der Waals surface area contributed by atoms with Crippen LogP contribution in [0.3, 0.4) is 0 Å². The van der Waals surface area contributed by atoms with Gasteiger partial charge in [0, 0.05) is 6.07 Å². The Balaban J connectivity index is 2.02. The number of nitrogens with zero attached hydrogens (tertiary/aromatic N) is 3. The zero-order chi connectivity index (χ0) is 23.8. The first-order chi connectivity index (χ1) is 14.8. The van der Waals surface area contributed by atoms with Gasteiger partial charge >= 0.3 is 12.4 Å². The van der Waals surface area contributed by atoms with Gasteiger partial charge < -0.3 is 0 Å². The first-order valence-electron chi connectivity index (χ1n) is 8.43. The topological polar surface area (TPSA) is 41.6 Å². The molecule has 12 heteroatoms. The third-order valence-electron chi connectivity index (χ3n) is 4.15. The van der Waals surface area contributed by atoms with Crippen molar-refractivity contribution in [1.82, 2.24) is 9.78 Å². The van der Waals surface area contributed by atoms with Crippen molar-refractivity contribution in [2.45, 2.75) is 12.4 Å². The fraction of sp³-hybridized carbons (Fsp3) is 0.100. The minimum Gasteiger partial charge on any atom is -0.228 e. The van der Waals surface area contributed by atoms with E-state index in [0.717, 1.165) is 30.3 Å². The summed E-state index contributed by atoms with van der Waals surface area (Å²) in [5, 5.41) is 12.2. The van der Waals surface area contributed by atoms with Crippen LogP contribution in [0.4, 0.5) is 39.5 Å². The van der Waals surface area contributed by atoms with Crippen LogP contribution in [0, 0.1) is 28.8 Å². The molecule has 2 aromatic carbocycles. The van der Waals surface area contributed by atoms with E-state index in [9.17, 15) is 44.8 Å². The molecule has 0 radical (unpaired) electrons. The van der Waals surface area contributed by atoms with Crippen LogP contribution < -0.4 is 0 Å². The Hall–Kier alpha value is -3.75. The van der Waals surface area contributed by atoms with Crippen molar-refractivity contribution < 1.29 is 39.5 Å². The molecule has 0 aliphatic carbocycles. The summed E-state index contributed by atoms with van der Waals surface area (Å²) in [6.45, 7) is 0. The molecule has 0 saturated heterocycles. The third kappa shape index (κ3) is 4.61. The smallest absolute Gasteiger partial charge is 0.228 e. The van der Waals surface area contributed by atoms with Crippen molar-refractivity contribution in [2.24, 2.45) is 0 Å². The molecule has 0 amide bonds. The van der Waals surface area contributed by atoms with E-state index in [1.165, 1.54) is 0 Å². The quantitative estimate of drug-likeness (QED) is 0.196. The second-order valence-corrected chi connectivity index (χ2v) is 6.34. The first-order valence-corrected chi connectivity index (χ1v) is 8.43. The Bertz CT molecular complexity index is 1200. The van der Waals surface area contributed by atoms with Gasteiger partial charge in [0.2, 0.25) is 0 Å². The van der Waals surface area contributed by atoms with Gasteiger partial charge in [-0.15, -0.1) is 0 Å². The molecule has 0 N–H and O–H groups in total. The predicted molar refractivity (Wildman–Crippen MR) is 93.4 cm³/mol. The maximum absolute atomic E-state index is 13.4. The summed E-state index contributed by atoms with van der Waals surface area (Å²) in [6.07, 6.45) is -9.13. The van der Waals surface area contributed by atoms with Gasteiger partial charge in [0.25, 0.3) is 0 Å². The van der Waals surface area contributed by atoms with Crippen molar-refractivity contribution in [2.75, 3.05) is 0 Å². The molecule has 0 aliphatic heterocycles. The molecule has 0 spiro atoms. The number of aromatic nitrogens is 2. The summed E-state index contributed by atoms with van der Waals surface area (Å²) >= 11 is 0. The second-order valence-electron chi connectivity index (χ2n) is 6.34. The van der Waals surface area contributed by atoms with E-state index in [0.29, 0.717) is 12.1 Å². The number of halogens is 9. The van der Waals surface area contributed by atoms with Crippen LogP contribution >= 0.6 is 0 Å². The lowest BCUT2D eigenvalue weighted by Crippen LogP contribution is -2.13. The van der Waals surface area contributed by atoms with Gasteiger partial charge in [-0.3, -0.25) is 0 Å². The van der Waals surface area contributed by atoms with Crippen molar-refractivity contribution in [3.63, 3.8) is 0 Å². The number of hydrogen-bond donors (Lipinski definition) is 0. The normalized spacial score (nSPS) is 12.7. The van der Waals surface area contributed by atoms with Crippen LogP contribution in [0.1, 0.15) is 22.5 Å². The summed E-state index contributed by atoms with van der Waals surface area (Å²) in [6, 6.07) is 7.01. The molecular weight excluding hydrogens is 453 g/mol. The van der Waals surface area contributed by atoms with Crippen LogP contribution in [0.25, 0.3) is 17.3 Å². The molecule has 0 aliphatic rings. The number of hydrogen-bond acceptors (Lipinski definition) is 2. The Kier molecular flexibility index (Phi) is 5.78. The zero-order valence-corrected chi connectivity index (χ0v) is 15.4. The average Bonchev–Trinajstić information content (AvgIpc) is 3.17. The number of allylic oxidation sites excluding steroid dienone is 1. The van der Waals surface area contributed by atoms with Gasteiger partial charge in [-0.2, -0.15) is 36.7 Å².